The highest BCUT2D eigenvalue weighted by atomic mass is 35.5. The lowest BCUT2D eigenvalue weighted by Gasteiger charge is -2.07. The van der Waals surface area contributed by atoms with Gasteiger partial charge in [0.2, 0.25) is 5.89 Å². The highest BCUT2D eigenvalue weighted by molar-refractivity contribution is 7.07. The number of fused-ring (bicyclic) bond motifs is 1. The number of carbonyl (C=O) groups is 2. The van der Waals surface area contributed by atoms with E-state index in [1.807, 2.05) is 0 Å². The first kappa shape index (κ1) is 21.7. The molecule has 34 heavy (non-hydrogen) atoms. The van der Waals surface area contributed by atoms with Crippen molar-refractivity contribution < 1.29 is 28.3 Å². The lowest BCUT2D eigenvalue weighted by Crippen LogP contribution is -2.19. The number of aliphatic carboxylic acids is 1. The first-order valence-electron chi connectivity index (χ1n) is 9.81. The molecule has 1 fully saturated rings. The van der Waals surface area contributed by atoms with Crippen molar-refractivity contribution in [2.24, 2.45) is 0 Å². The molecule has 1 amide bonds. The SMILES string of the molecule is Nc1nsc(C#Cc2nc3oc(C4(C(=O)O)CC4)nc3o2)c1NC(=O)OCc1ccccc1Cl. The number of nitrogens with two attached hydrogens (primary N) is 1. The van der Waals surface area contributed by atoms with Gasteiger partial charge in [0, 0.05) is 10.6 Å². The minimum absolute atomic E-state index is 0.00723. The van der Waals surface area contributed by atoms with Crippen LogP contribution in [0.1, 0.15) is 35.1 Å². The van der Waals surface area contributed by atoms with Crippen molar-refractivity contribution in [1.82, 2.24) is 14.3 Å². The van der Waals surface area contributed by atoms with Crippen LogP contribution in [-0.4, -0.2) is 31.5 Å². The predicted molar refractivity (Wildman–Crippen MR) is 120 cm³/mol. The fourth-order valence-electron chi connectivity index (χ4n) is 3.06. The van der Waals surface area contributed by atoms with Crippen molar-refractivity contribution >= 4 is 58.1 Å². The van der Waals surface area contributed by atoms with Crippen LogP contribution in [-0.2, 0) is 21.6 Å². The first-order valence-corrected chi connectivity index (χ1v) is 11.0. The minimum atomic E-state index is -1.10. The van der Waals surface area contributed by atoms with Gasteiger partial charge in [0.15, 0.2) is 5.82 Å². The van der Waals surface area contributed by atoms with Crippen molar-refractivity contribution in [3.8, 4) is 11.8 Å². The van der Waals surface area contributed by atoms with Crippen LogP contribution in [0.5, 0.6) is 0 Å². The third-order valence-corrected chi connectivity index (χ3v) is 6.24. The molecule has 5 rings (SSSR count). The van der Waals surface area contributed by atoms with Gasteiger partial charge >= 0.3 is 12.1 Å². The molecule has 0 radical (unpaired) electrons. The standard InChI is InChI=1S/C21H14ClN5O6S/c22-11-4-2-1-3-10(11)9-31-20(30)25-14-12(34-27-15(14)23)5-6-13-24-16-17(32-13)26-18(33-16)21(7-8-21)19(28)29/h1-4H,7-9H2,(H2,23,27)(H,25,30)(H,28,29). The summed E-state index contributed by atoms with van der Waals surface area (Å²) in [5.41, 5.74) is 5.69. The van der Waals surface area contributed by atoms with E-state index in [1.54, 1.807) is 24.3 Å². The molecule has 1 aliphatic carbocycles. The number of rotatable bonds is 5. The number of carboxylic acids is 1. The van der Waals surface area contributed by atoms with Crippen molar-refractivity contribution in [1.29, 1.82) is 0 Å². The van der Waals surface area contributed by atoms with E-state index < -0.39 is 17.5 Å². The van der Waals surface area contributed by atoms with Crippen LogP contribution in [0.2, 0.25) is 5.02 Å². The summed E-state index contributed by atoms with van der Waals surface area (Å²) in [7, 11) is 0. The van der Waals surface area contributed by atoms with Gasteiger partial charge in [-0.3, -0.25) is 10.1 Å². The Kier molecular flexibility index (Phi) is 5.35. The molecule has 3 heterocycles. The topological polar surface area (TPSA) is 167 Å². The quantitative estimate of drug-likeness (QED) is 0.344. The van der Waals surface area contributed by atoms with Crippen molar-refractivity contribution in [2.45, 2.75) is 24.9 Å². The second-order valence-electron chi connectivity index (χ2n) is 7.35. The number of carboxylic acid groups (broad SMARTS) is 1. The largest absolute Gasteiger partial charge is 0.480 e. The van der Waals surface area contributed by atoms with Crippen LogP contribution in [0, 0.1) is 11.8 Å². The summed E-state index contributed by atoms with van der Waals surface area (Å²) in [6.45, 7) is -0.0302. The average molecular weight is 500 g/mol. The number of halogens is 1. The Hall–Kier alpha value is -4.08. The van der Waals surface area contributed by atoms with Gasteiger partial charge in [0.1, 0.15) is 22.6 Å². The lowest BCUT2D eigenvalue weighted by molar-refractivity contribution is -0.140. The molecule has 172 valence electrons. The number of oxazole rings is 2. The number of benzene rings is 1. The summed E-state index contributed by atoms with van der Waals surface area (Å²) < 4.78 is 20.1. The van der Waals surface area contributed by atoms with E-state index in [0.29, 0.717) is 28.3 Å². The van der Waals surface area contributed by atoms with Crippen LogP contribution in [0.15, 0.2) is 33.1 Å². The maximum absolute atomic E-state index is 12.2. The van der Waals surface area contributed by atoms with Crippen LogP contribution < -0.4 is 11.1 Å². The molecule has 1 saturated carbocycles. The molecular weight excluding hydrogens is 486 g/mol. The Labute approximate surface area is 200 Å². The van der Waals surface area contributed by atoms with Gasteiger partial charge in [-0.25, -0.2) is 4.79 Å². The summed E-state index contributed by atoms with van der Waals surface area (Å²) in [6.07, 6.45) is 0.135. The van der Waals surface area contributed by atoms with E-state index in [9.17, 15) is 14.7 Å². The van der Waals surface area contributed by atoms with E-state index in [2.05, 4.69) is 31.5 Å². The van der Waals surface area contributed by atoms with E-state index in [0.717, 1.165) is 11.5 Å². The van der Waals surface area contributed by atoms with E-state index >= 15 is 0 Å². The summed E-state index contributed by atoms with van der Waals surface area (Å²) in [5, 5.41) is 12.4. The van der Waals surface area contributed by atoms with Crippen LogP contribution in [0.25, 0.3) is 11.4 Å². The molecule has 0 unspecified atom stereocenters. The van der Waals surface area contributed by atoms with Crippen LogP contribution in [0.3, 0.4) is 0 Å². The molecule has 13 heteroatoms. The second-order valence-corrected chi connectivity index (χ2v) is 8.53. The Bertz CT molecular complexity index is 1460. The number of carbonyl (C=O) groups excluding carboxylic acids is 1. The summed E-state index contributed by atoms with van der Waals surface area (Å²) >= 11 is 7.03. The lowest BCUT2D eigenvalue weighted by atomic mass is 10.1. The van der Waals surface area contributed by atoms with Gasteiger partial charge in [0.05, 0.1) is 0 Å². The maximum Gasteiger partial charge on any atom is 0.412 e. The van der Waals surface area contributed by atoms with Crippen molar-refractivity contribution in [3.05, 3.63) is 51.5 Å². The molecule has 1 aromatic carbocycles. The second kappa shape index (κ2) is 8.36. The Morgan fingerprint density at radius 2 is 2.00 bits per heavy atom. The van der Waals surface area contributed by atoms with Gasteiger partial charge in [0.25, 0.3) is 17.3 Å². The van der Waals surface area contributed by atoms with Gasteiger partial charge < -0.3 is 24.4 Å². The zero-order chi connectivity index (χ0) is 23.9. The molecular formula is C21H14ClN5O6S. The van der Waals surface area contributed by atoms with E-state index in [4.69, 9.17) is 30.9 Å². The molecule has 4 N–H and O–H groups in total. The molecule has 4 aromatic rings. The average Bonchev–Trinajstić information content (AvgIpc) is 3.25. The van der Waals surface area contributed by atoms with Crippen molar-refractivity contribution in [2.75, 3.05) is 11.1 Å². The first-order chi connectivity index (χ1) is 16.4. The van der Waals surface area contributed by atoms with Gasteiger partial charge in [-0.2, -0.15) is 14.3 Å². The normalized spacial score (nSPS) is 13.8. The molecule has 1 aliphatic rings. The van der Waals surface area contributed by atoms with E-state index in [1.165, 1.54) is 0 Å². The van der Waals surface area contributed by atoms with E-state index in [-0.39, 0.29) is 41.3 Å². The minimum Gasteiger partial charge on any atom is -0.480 e. The molecule has 3 aromatic heterocycles. The zero-order valence-electron chi connectivity index (χ0n) is 17.1. The number of nitrogens with one attached hydrogen (secondary N) is 1. The Morgan fingerprint density at radius 1 is 1.24 bits per heavy atom. The maximum atomic E-state index is 12.2. The van der Waals surface area contributed by atoms with Gasteiger partial charge in [-0.1, -0.05) is 29.8 Å². The zero-order valence-corrected chi connectivity index (χ0v) is 18.7. The van der Waals surface area contributed by atoms with Crippen LogP contribution >= 0.6 is 23.1 Å². The summed E-state index contributed by atoms with van der Waals surface area (Å²) in [4.78, 5) is 32.2. The Balaban J connectivity index is 1.29. The number of ether oxygens (including phenoxy) is 1. The molecule has 0 spiro atoms. The third-order valence-electron chi connectivity index (χ3n) is 5.09. The fourth-order valence-corrected chi connectivity index (χ4v) is 3.87. The van der Waals surface area contributed by atoms with Crippen molar-refractivity contribution in [3.63, 3.8) is 0 Å². The number of amides is 1. The number of nitrogens with zero attached hydrogens (tertiary/aromatic N) is 3. The molecule has 11 nitrogen and oxygen atoms in total. The fraction of sp³-hybridized carbons (Fsp3) is 0.190. The number of hydrogen-bond acceptors (Lipinski definition) is 10. The van der Waals surface area contributed by atoms with Crippen LogP contribution in [0.4, 0.5) is 16.3 Å². The number of aromatic nitrogens is 3. The molecule has 0 aliphatic heterocycles. The summed E-state index contributed by atoms with van der Waals surface area (Å²) in [5.74, 6) is 4.60. The smallest absolute Gasteiger partial charge is 0.412 e. The highest BCUT2D eigenvalue weighted by Crippen LogP contribution is 2.48. The highest BCUT2D eigenvalue weighted by Gasteiger charge is 2.56. The molecule has 0 saturated heterocycles. The molecule has 0 atom stereocenters. The number of nitrogen functional groups attached to an aromatic ring is 1. The number of hydrogen-bond donors (Lipinski definition) is 3. The third kappa shape index (κ3) is 4.02. The predicted octanol–water partition coefficient (Wildman–Crippen LogP) is 3.77. The monoisotopic (exact) mass is 499 g/mol. The van der Waals surface area contributed by atoms with Gasteiger partial charge in [-0.05, 0) is 42.3 Å². The summed E-state index contributed by atoms with van der Waals surface area (Å²) in [6, 6.07) is 6.99. The Morgan fingerprint density at radius 3 is 2.71 bits per heavy atom. The van der Waals surface area contributed by atoms with Gasteiger partial charge in [-0.15, -0.1) is 0 Å². The number of anilines is 2. The molecule has 0 bridgehead atoms.